The normalized spacial score (nSPS) is 32.5. The van der Waals surface area contributed by atoms with Gasteiger partial charge >= 0.3 is 0 Å². The van der Waals surface area contributed by atoms with Gasteiger partial charge in [0.25, 0.3) is 0 Å². The minimum atomic E-state index is -0.635. The van der Waals surface area contributed by atoms with E-state index < -0.39 is 5.60 Å². The van der Waals surface area contributed by atoms with Crippen molar-refractivity contribution in [2.24, 2.45) is 5.92 Å². The second-order valence-electron chi connectivity index (χ2n) is 6.06. The van der Waals surface area contributed by atoms with Gasteiger partial charge in [0.2, 0.25) is 0 Å². The molecule has 1 N–H and O–H groups in total. The van der Waals surface area contributed by atoms with Gasteiger partial charge in [-0.3, -0.25) is 0 Å². The van der Waals surface area contributed by atoms with Gasteiger partial charge in [0.05, 0.1) is 0 Å². The molecule has 3 aliphatic heterocycles. The van der Waals surface area contributed by atoms with Crippen molar-refractivity contribution in [1.82, 2.24) is 4.90 Å². The monoisotopic (exact) mass is 285 g/mol. The molecule has 3 heteroatoms. The molecule has 5 rings (SSSR count). The molecule has 1 atom stereocenters. The lowest BCUT2D eigenvalue weighted by Crippen LogP contribution is -2.57. The zero-order chi connectivity index (χ0) is 13.6. The molecule has 20 heavy (non-hydrogen) atoms. The van der Waals surface area contributed by atoms with Crippen LogP contribution in [0.4, 0.5) is 0 Å². The van der Waals surface area contributed by atoms with Crippen LogP contribution < -0.4 is 0 Å². The molecule has 0 saturated carbocycles. The molecule has 3 saturated heterocycles. The molecule has 104 valence electrons. The summed E-state index contributed by atoms with van der Waals surface area (Å²) in [5, 5.41) is 15.4. The first kappa shape index (κ1) is 12.6. The van der Waals surface area contributed by atoms with E-state index in [2.05, 4.69) is 46.0 Å². The number of benzene rings is 1. The van der Waals surface area contributed by atoms with Crippen LogP contribution in [0.3, 0.4) is 0 Å². The molecule has 4 heterocycles. The average Bonchev–Trinajstić information content (AvgIpc) is 3.03. The summed E-state index contributed by atoms with van der Waals surface area (Å²) in [5.74, 6) is 0.430. The molecule has 1 unspecified atom stereocenters. The number of rotatable bonds is 2. The van der Waals surface area contributed by atoms with Gasteiger partial charge in [0.15, 0.2) is 0 Å². The number of thiophene rings is 1. The van der Waals surface area contributed by atoms with Crippen LogP contribution in [0.5, 0.6) is 0 Å². The molecule has 2 nitrogen and oxygen atoms in total. The van der Waals surface area contributed by atoms with E-state index in [1.54, 1.807) is 11.3 Å². The van der Waals surface area contributed by atoms with Gasteiger partial charge < -0.3 is 10.0 Å². The quantitative estimate of drug-likeness (QED) is 0.915. The van der Waals surface area contributed by atoms with Gasteiger partial charge in [-0.25, -0.2) is 0 Å². The summed E-state index contributed by atoms with van der Waals surface area (Å²) in [5.41, 5.74) is 2.96. The van der Waals surface area contributed by atoms with Crippen LogP contribution in [0.15, 0.2) is 41.1 Å². The van der Waals surface area contributed by atoms with Crippen molar-refractivity contribution >= 4 is 11.3 Å². The first-order chi connectivity index (χ1) is 9.75. The summed E-state index contributed by atoms with van der Waals surface area (Å²) in [4.78, 5) is 2.40. The third-order valence-electron chi connectivity index (χ3n) is 4.97. The van der Waals surface area contributed by atoms with Gasteiger partial charge in [-0.05, 0) is 65.4 Å². The first-order valence-electron chi connectivity index (χ1n) is 7.33. The van der Waals surface area contributed by atoms with Crippen LogP contribution >= 0.6 is 11.3 Å². The number of hydrogen-bond donors (Lipinski definition) is 1. The smallest absolute Gasteiger partial charge is 0.105 e. The largest absolute Gasteiger partial charge is 0.384 e. The topological polar surface area (TPSA) is 23.5 Å². The number of hydrogen-bond acceptors (Lipinski definition) is 3. The van der Waals surface area contributed by atoms with E-state index >= 15 is 0 Å². The highest BCUT2D eigenvalue weighted by molar-refractivity contribution is 7.08. The summed E-state index contributed by atoms with van der Waals surface area (Å²) in [6, 6.07) is 10.7. The molecule has 0 aliphatic carbocycles. The fourth-order valence-corrected chi connectivity index (χ4v) is 4.41. The van der Waals surface area contributed by atoms with Crippen LogP contribution in [0.25, 0.3) is 11.1 Å². The fraction of sp³-hybridized carbons (Fsp3) is 0.412. The van der Waals surface area contributed by atoms with Crippen molar-refractivity contribution in [2.45, 2.75) is 18.4 Å². The second kappa shape index (κ2) is 4.69. The zero-order valence-corrected chi connectivity index (χ0v) is 12.3. The van der Waals surface area contributed by atoms with Gasteiger partial charge in [0.1, 0.15) is 5.60 Å². The van der Waals surface area contributed by atoms with Gasteiger partial charge in [-0.15, -0.1) is 0 Å². The summed E-state index contributed by atoms with van der Waals surface area (Å²) in [6.07, 6.45) is 2.26. The van der Waals surface area contributed by atoms with Gasteiger partial charge in [-0.2, -0.15) is 11.3 Å². The molecule has 1 aromatic carbocycles. The second-order valence-corrected chi connectivity index (χ2v) is 6.84. The Labute approximate surface area is 123 Å². The van der Waals surface area contributed by atoms with Crippen LogP contribution in [0, 0.1) is 5.92 Å². The molecule has 3 aliphatic rings. The predicted molar refractivity (Wildman–Crippen MR) is 82.8 cm³/mol. The third-order valence-corrected chi connectivity index (χ3v) is 5.65. The first-order valence-corrected chi connectivity index (χ1v) is 8.28. The molecule has 1 aromatic heterocycles. The molecular formula is C17H19NOS. The van der Waals surface area contributed by atoms with Gasteiger partial charge in [0, 0.05) is 6.54 Å². The van der Waals surface area contributed by atoms with Crippen LogP contribution in [-0.4, -0.2) is 29.6 Å². The number of nitrogens with zero attached hydrogens (tertiary/aromatic N) is 1. The molecule has 3 fully saturated rings. The Morgan fingerprint density at radius 2 is 1.80 bits per heavy atom. The number of piperidine rings is 3. The van der Waals surface area contributed by atoms with Crippen molar-refractivity contribution in [1.29, 1.82) is 0 Å². The number of fused-ring (bicyclic) bond motifs is 3. The molecule has 0 amide bonds. The maximum Gasteiger partial charge on any atom is 0.105 e. The lowest BCUT2D eigenvalue weighted by atomic mass is 9.71. The zero-order valence-electron chi connectivity index (χ0n) is 11.5. The minimum absolute atomic E-state index is 0.430. The molecule has 2 bridgehead atoms. The van der Waals surface area contributed by atoms with E-state index in [0.717, 1.165) is 38.0 Å². The maximum absolute atomic E-state index is 11.1. The van der Waals surface area contributed by atoms with E-state index in [1.807, 2.05) is 0 Å². The van der Waals surface area contributed by atoms with Crippen LogP contribution in [-0.2, 0) is 5.60 Å². The Morgan fingerprint density at radius 1 is 1.05 bits per heavy atom. The summed E-state index contributed by atoms with van der Waals surface area (Å²) in [6.45, 7) is 3.11. The van der Waals surface area contributed by atoms with E-state index in [-0.39, 0.29) is 0 Å². The van der Waals surface area contributed by atoms with E-state index in [0.29, 0.717) is 5.92 Å². The van der Waals surface area contributed by atoms with Gasteiger partial charge in [-0.1, -0.05) is 24.3 Å². The predicted octanol–water partition coefficient (Wildman–Crippen LogP) is 3.33. The summed E-state index contributed by atoms with van der Waals surface area (Å²) >= 11 is 1.72. The molecule has 2 aromatic rings. The van der Waals surface area contributed by atoms with Crippen LogP contribution in [0.2, 0.25) is 0 Å². The van der Waals surface area contributed by atoms with Crippen molar-refractivity contribution in [3.8, 4) is 11.1 Å². The Balaban J connectivity index is 1.66. The van der Waals surface area contributed by atoms with E-state index in [1.165, 1.54) is 11.1 Å². The minimum Gasteiger partial charge on any atom is -0.384 e. The Bertz CT molecular complexity index is 584. The van der Waals surface area contributed by atoms with Crippen LogP contribution in [0.1, 0.15) is 18.4 Å². The Hall–Kier alpha value is -1.16. The highest BCUT2D eigenvalue weighted by Crippen LogP contribution is 2.42. The average molecular weight is 285 g/mol. The summed E-state index contributed by atoms with van der Waals surface area (Å²) < 4.78 is 0. The fourth-order valence-electron chi connectivity index (χ4n) is 3.75. The highest BCUT2D eigenvalue weighted by Gasteiger charge is 2.46. The van der Waals surface area contributed by atoms with Crippen molar-refractivity contribution in [3.63, 3.8) is 0 Å². The number of aliphatic hydroxyl groups is 1. The highest BCUT2D eigenvalue weighted by atomic mass is 32.1. The molecule has 0 radical (unpaired) electrons. The molecule has 0 spiro atoms. The van der Waals surface area contributed by atoms with E-state index in [4.69, 9.17) is 0 Å². The van der Waals surface area contributed by atoms with E-state index in [9.17, 15) is 5.11 Å². The lowest BCUT2D eigenvalue weighted by Gasteiger charge is -2.50. The standard InChI is InChI=1S/C17H19NOS/c19-17(12-18-8-5-16(17)6-9-18)15-3-1-13(2-4-15)14-7-10-20-11-14/h1-4,7,10-11,16,19H,5-6,8-9,12H2. The maximum atomic E-state index is 11.1. The Kier molecular flexibility index (Phi) is 2.95. The van der Waals surface area contributed by atoms with Crippen molar-refractivity contribution in [3.05, 3.63) is 46.7 Å². The SMILES string of the molecule is OC1(c2ccc(-c3ccsc3)cc2)CN2CCC1CC2. The van der Waals surface area contributed by atoms with Crippen molar-refractivity contribution < 1.29 is 5.11 Å². The lowest BCUT2D eigenvalue weighted by molar-refractivity contribution is -0.117. The summed E-state index contributed by atoms with van der Waals surface area (Å²) in [7, 11) is 0. The Morgan fingerprint density at radius 3 is 2.35 bits per heavy atom. The van der Waals surface area contributed by atoms with Crippen molar-refractivity contribution in [2.75, 3.05) is 19.6 Å². The molecular weight excluding hydrogens is 266 g/mol. The third kappa shape index (κ3) is 1.93.